The van der Waals surface area contributed by atoms with E-state index in [9.17, 15) is 14.7 Å². The van der Waals surface area contributed by atoms with Crippen molar-refractivity contribution in [2.24, 2.45) is 0 Å². The third-order valence-electron chi connectivity index (χ3n) is 4.93. The molecule has 0 aliphatic rings. The van der Waals surface area contributed by atoms with Gasteiger partial charge in [-0.15, -0.1) is 0 Å². The summed E-state index contributed by atoms with van der Waals surface area (Å²) >= 11 is 0. The molecule has 29 heavy (non-hydrogen) atoms. The van der Waals surface area contributed by atoms with E-state index in [1.54, 1.807) is 12.1 Å². The normalized spacial score (nSPS) is 11.6. The van der Waals surface area contributed by atoms with Crippen molar-refractivity contribution in [2.45, 2.75) is 6.92 Å². The lowest BCUT2D eigenvalue weighted by Gasteiger charge is -2.10. The maximum Gasteiger partial charge on any atom is 0.337 e. The molecule has 0 atom stereocenters. The summed E-state index contributed by atoms with van der Waals surface area (Å²) in [5, 5.41) is 16.2. The van der Waals surface area contributed by atoms with Crippen molar-refractivity contribution < 1.29 is 14.7 Å². The minimum atomic E-state index is -1.08. The summed E-state index contributed by atoms with van der Waals surface area (Å²) in [6.07, 6.45) is 1.49. The molecule has 142 valence electrons. The molecule has 4 nitrogen and oxygen atoms in total. The summed E-state index contributed by atoms with van der Waals surface area (Å²) in [4.78, 5) is 24.2. The molecule has 0 aliphatic carbocycles. The van der Waals surface area contributed by atoms with Crippen LogP contribution in [0.2, 0.25) is 0 Å². The molecule has 0 heterocycles. The van der Waals surface area contributed by atoms with Crippen molar-refractivity contribution in [1.29, 1.82) is 0 Å². The zero-order valence-electron chi connectivity index (χ0n) is 15.8. The van der Waals surface area contributed by atoms with Gasteiger partial charge in [-0.2, -0.15) is 0 Å². The first kappa shape index (κ1) is 18.4. The number of fused-ring (bicyclic) bond motifs is 2. The van der Waals surface area contributed by atoms with Gasteiger partial charge in [0.2, 0.25) is 5.91 Å². The highest BCUT2D eigenvalue weighted by Crippen LogP contribution is 2.25. The SMILES string of the molecule is CC(=CC(=O)Nc1cc2ccccc2cc1C(=O)O)c1ccc2ccccc2c1. The Morgan fingerprint density at radius 1 is 0.793 bits per heavy atom. The van der Waals surface area contributed by atoms with Crippen molar-refractivity contribution in [3.05, 3.63) is 96.1 Å². The van der Waals surface area contributed by atoms with E-state index in [2.05, 4.69) is 5.32 Å². The number of carboxylic acid groups (broad SMARTS) is 1. The molecular weight excluding hydrogens is 362 g/mol. The predicted octanol–water partition coefficient (Wildman–Crippen LogP) is 5.73. The Labute approximate surface area is 168 Å². The Bertz CT molecular complexity index is 1290. The van der Waals surface area contributed by atoms with Gasteiger partial charge in [0.05, 0.1) is 11.3 Å². The summed E-state index contributed by atoms with van der Waals surface area (Å²) in [5.41, 5.74) is 2.08. The van der Waals surface area contributed by atoms with Crippen LogP contribution in [0.3, 0.4) is 0 Å². The van der Waals surface area contributed by atoms with Crippen LogP contribution in [0.25, 0.3) is 27.1 Å². The average Bonchev–Trinajstić information content (AvgIpc) is 2.72. The molecule has 0 spiro atoms. The number of amides is 1. The number of hydrogen-bond acceptors (Lipinski definition) is 2. The topological polar surface area (TPSA) is 66.4 Å². The van der Waals surface area contributed by atoms with Gasteiger partial charge in [0, 0.05) is 6.08 Å². The van der Waals surface area contributed by atoms with E-state index in [4.69, 9.17) is 0 Å². The van der Waals surface area contributed by atoms with Crippen molar-refractivity contribution >= 4 is 44.7 Å². The molecule has 2 N–H and O–H groups in total. The van der Waals surface area contributed by atoms with E-state index in [0.717, 1.165) is 32.7 Å². The maximum atomic E-state index is 12.6. The first-order valence-electron chi connectivity index (χ1n) is 9.26. The monoisotopic (exact) mass is 381 g/mol. The molecule has 0 aromatic heterocycles. The van der Waals surface area contributed by atoms with E-state index < -0.39 is 5.97 Å². The molecule has 4 aromatic carbocycles. The largest absolute Gasteiger partial charge is 0.478 e. The number of carbonyl (C=O) groups is 2. The number of rotatable bonds is 4. The Hall–Kier alpha value is -3.92. The van der Waals surface area contributed by atoms with Gasteiger partial charge < -0.3 is 10.4 Å². The number of carbonyl (C=O) groups excluding carboxylic acids is 1. The Kier molecular flexibility index (Phi) is 4.83. The predicted molar refractivity (Wildman–Crippen MR) is 117 cm³/mol. The zero-order valence-corrected chi connectivity index (χ0v) is 15.8. The van der Waals surface area contributed by atoms with Crippen LogP contribution in [0.4, 0.5) is 5.69 Å². The third-order valence-corrected chi connectivity index (χ3v) is 4.93. The second-order valence-electron chi connectivity index (χ2n) is 6.93. The van der Waals surface area contributed by atoms with E-state index >= 15 is 0 Å². The lowest BCUT2D eigenvalue weighted by atomic mass is 10.0. The van der Waals surface area contributed by atoms with Gasteiger partial charge in [0.25, 0.3) is 0 Å². The van der Waals surface area contributed by atoms with Crippen molar-refractivity contribution in [2.75, 3.05) is 5.32 Å². The van der Waals surface area contributed by atoms with Gasteiger partial charge in [-0.25, -0.2) is 4.79 Å². The number of carboxylic acids is 1. The second kappa shape index (κ2) is 7.60. The van der Waals surface area contributed by atoms with Crippen LogP contribution in [0.15, 0.2) is 84.9 Å². The fraction of sp³-hybridized carbons (Fsp3) is 0.0400. The van der Waals surface area contributed by atoms with E-state index in [1.165, 1.54) is 6.08 Å². The number of aromatic carboxylic acids is 1. The molecule has 0 aliphatic heterocycles. The number of allylic oxidation sites excluding steroid dienone is 1. The van der Waals surface area contributed by atoms with Crippen molar-refractivity contribution in [1.82, 2.24) is 0 Å². The maximum absolute atomic E-state index is 12.6. The van der Waals surface area contributed by atoms with E-state index in [0.29, 0.717) is 0 Å². The summed E-state index contributed by atoms with van der Waals surface area (Å²) in [6, 6.07) is 24.8. The number of benzene rings is 4. The van der Waals surface area contributed by atoms with Crippen LogP contribution in [-0.4, -0.2) is 17.0 Å². The fourth-order valence-corrected chi connectivity index (χ4v) is 3.40. The number of hydrogen-bond donors (Lipinski definition) is 2. The molecular formula is C25H19NO3. The van der Waals surface area contributed by atoms with Gasteiger partial charge in [-0.1, -0.05) is 60.7 Å². The highest BCUT2D eigenvalue weighted by molar-refractivity contribution is 6.09. The smallest absolute Gasteiger partial charge is 0.337 e. The van der Waals surface area contributed by atoms with Gasteiger partial charge in [0.15, 0.2) is 0 Å². The van der Waals surface area contributed by atoms with Crippen LogP contribution >= 0.6 is 0 Å². The molecule has 4 heteroatoms. The summed E-state index contributed by atoms with van der Waals surface area (Å²) in [7, 11) is 0. The summed E-state index contributed by atoms with van der Waals surface area (Å²) in [6.45, 7) is 1.86. The molecule has 0 fully saturated rings. The molecule has 0 unspecified atom stereocenters. The average molecular weight is 381 g/mol. The van der Waals surface area contributed by atoms with Gasteiger partial charge >= 0.3 is 5.97 Å². The molecule has 0 saturated carbocycles. The Balaban J connectivity index is 1.64. The lowest BCUT2D eigenvalue weighted by Crippen LogP contribution is -2.12. The molecule has 1 amide bonds. The van der Waals surface area contributed by atoms with E-state index in [1.807, 2.05) is 73.7 Å². The van der Waals surface area contributed by atoms with Gasteiger partial charge in [-0.3, -0.25) is 4.79 Å². The first-order chi connectivity index (χ1) is 14.0. The molecule has 4 rings (SSSR count). The Morgan fingerprint density at radius 2 is 1.38 bits per heavy atom. The lowest BCUT2D eigenvalue weighted by molar-refractivity contribution is -0.111. The highest BCUT2D eigenvalue weighted by Gasteiger charge is 2.13. The van der Waals surface area contributed by atoms with Crippen LogP contribution in [0.5, 0.6) is 0 Å². The highest BCUT2D eigenvalue weighted by atomic mass is 16.4. The zero-order chi connectivity index (χ0) is 20.4. The van der Waals surface area contributed by atoms with Gasteiger partial charge in [0.1, 0.15) is 0 Å². The molecule has 4 aromatic rings. The van der Waals surface area contributed by atoms with Crippen LogP contribution < -0.4 is 5.32 Å². The standard InChI is InChI=1S/C25H19NO3/c1-16(18-11-10-17-6-2-3-7-19(17)13-18)12-24(27)26-23-15-21-9-5-4-8-20(21)14-22(23)25(28)29/h2-15H,1H3,(H,26,27)(H,28,29). The molecule has 0 bridgehead atoms. The number of anilines is 1. The minimum Gasteiger partial charge on any atom is -0.478 e. The quantitative estimate of drug-likeness (QED) is 0.444. The summed E-state index contributed by atoms with van der Waals surface area (Å²) in [5.74, 6) is -1.45. The minimum absolute atomic E-state index is 0.0637. The van der Waals surface area contributed by atoms with Crippen LogP contribution in [0, 0.1) is 0 Å². The number of nitrogens with one attached hydrogen (secondary N) is 1. The molecule has 0 saturated heterocycles. The Morgan fingerprint density at radius 3 is 2.03 bits per heavy atom. The van der Waals surface area contributed by atoms with Crippen molar-refractivity contribution in [3.63, 3.8) is 0 Å². The third kappa shape index (κ3) is 3.87. The first-order valence-corrected chi connectivity index (χ1v) is 9.26. The fourth-order valence-electron chi connectivity index (χ4n) is 3.40. The second-order valence-corrected chi connectivity index (χ2v) is 6.93. The molecule has 0 radical (unpaired) electrons. The van der Waals surface area contributed by atoms with Crippen molar-refractivity contribution in [3.8, 4) is 0 Å². The van der Waals surface area contributed by atoms with Crippen LogP contribution in [0.1, 0.15) is 22.8 Å². The van der Waals surface area contributed by atoms with E-state index in [-0.39, 0.29) is 17.2 Å². The van der Waals surface area contributed by atoms with Gasteiger partial charge in [-0.05, 0) is 57.8 Å². The van der Waals surface area contributed by atoms with Crippen LogP contribution in [-0.2, 0) is 4.79 Å². The summed E-state index contributed by atoms with van der Waals surface area (Å²) < 4.78 is 0.